The molecule has 0 unspecified atom stereocenters. The van der Waals surface area contributed by atoms with Crippen LogP contribution < -0.4 is 10.0 Å². The molecule has 2 aliphatic rings. The lowest BCUT2D eigenvalue weighted by Gasteiger charge is -2.17. The van der Waals surface area contributed by atoms with E-state index in [1.807, 2.05) is 6.92 Å². The van der Waals surface area contributed by atoms with Crippen LogP contribution in [0.25, 0.3) is 0 Å². The van der Waals surface area contributed by atoms with Crippen molar-refractivity contribution in [3.63, 3.8) is 0 Å². The van der Waals surface area contributed by atoms with Crippen LogP contribution in [0.1, 0.15) is 38.4 Å². The van der Waals surface area contributed by atoms with Crippen LogP contribution >= 0.6 is 15.9 Å². The summed E-state index contributed by atoms with van der Waals surface area (Å²) in [6, 6.07) is 1.71. The van der Waals surface area contributed by atoms with Crippen molar-refractivity contribution in [1.82, 2.24) is 10.0 Å². The van der Waals surface area contributed by atoms with Gasteiger partial charge in [0.2, 0.25) is 10.0 Å². The fourth-order valence-corrected chi connectivity index (χ4v) is 5.02. The number of hydrogen-bond donors (Lipinski definition) is 2. The third kappa shape index (κ3) is 3.70. The van der Waals surface area contributed by atoms with Crippen LogP contribution in [0.4, 0.5) is 0 Å². The summed E-state index contributed by atoms with van der Waals surface area (Å²) < 4.78 is 33.8. The molecule has 0 aliphatic heterocycles. The normalized spacial score (nSPS) is 19.4. The first-order valence-electron chi connectivity index (χ1n) is 7.52. The molecule has 118 valence electrons. The molecule has 7 heteroatoms. The Morgan fingerprint density at radius 1 is 1.33 bits per heavy atom. The van der Waals surface area contributed by atoms with Crippen LogP contribution in [0.15, 0.2) is 20.0 Å². The molecule has 0 radical (unpaired) electrons. The highest BCUT2D eigenvalue weighted by molar-refractivity contribution is 9.10. The van der Waals surface area contributed by atoms with Crippen LogP contribution in [-0.4, -0.2) is 21.0 Å². The number of halogens is 1. The highest BCUT2D eigenvalue weighted by atomic mass is 79.9. The van der Waals surface area contributed by atoms with E-state index in [0.29, 0.717) is 24.1 Å². The summed E-state index contributed by atoms with van der Waals surface area (Å²) in [5, 5.41) is 3.12. The number of sulfonamides is 1. The molecular formula is C14H21BrN2O3S. The van der Waals surface area contributed by atoms with E-state index in [1.54, 1.807) is 6.07 Å². The SMILES string of the molecule is CCNCc1cc(S(=O)(=O)NC(C2CC2)C2CC2)c(Br)o1. The van der Waals surface area contributed by atoms with Gasteiger partial charge in [-0.2, -0.15) is 0 Å². The van der Waals surface area contributed by atoms with Gasteiger partial charge in [0, 0.05) is 12.1 Å². The second kappa shape index (κ2) is 6.02. The Labute approximate surface area is 134 Å². The van der Waals surface area contributed by atoms with E-state index in [4.69, 9.17) is 4.42 Å². The molecule has 0 bridgehead atoms. The van der Waals surface area contributed by atoms with E-state index in [-0.39, 0.29) is 15.6 Å². The molecule has 0 amide bonds. The van der Waals surface area contributed by atoms with Crippen LogP contribution in [0.2, 0.25) is 0 Å². The van der Waals surface area contributed by atoms with Gasteiger partial charge < -0.3 is 9.73 Å². The first-order valence-corrected chi connectivity index (χ1v) is 9.80. The van der Waals surface area contributed by atoms with E-state index in [0.717, 1.165) is 32.2 Å². The second-order valence-electron chi connectivity index (χ2n) is 5.95. The van der Waals surface area contributed by atoms with E-state index in [9.17, 15) is 8.42 Å². The van der Waals surface area contributed by atoms with Crippen molar-refractivity contribution < 1.29 is 12.8 Å². The Morgan fingerprint density at radius 3 is 2.48 bits per heavy atom. The fourth-order valence-electron chi connectivity index (χ4n) is 2.65. The van der Waals surface area contributed by atoms with Gasteiger partial charge in [-0.3, -0.25) is 0 Å². The zero-order chi connectivity index (χ0) is 15.0. The lowest BCUT2D eigenvalue weighted by molar-refractivity contribution is 0.458. The van der Waals surface area contributed by atoms with Crippen LogP contribution in [0, 0.1) is 11.8 Å². The molecule has 2 saturated carbocycles. The molecule has 1 aromatic heterocycles. The Morgan fingerprint density at radius 2 is 1.95 bits per heavy atom. The van der Waals surface area contributed by atoms with Gasteiger partial charge in [-0.05, 0) is 60.0 Å². The van der Waals surface area contributed by atoms with Gasteiger partial charge in [-0.25, -0.2) is 13.1 Å². The Bertz CT molecular complexity index is 594. The average Bonchev–Trinajstić information content (AvgIpc) is 3.32. The maximum absolute atomic E-state index is 12.6. The van der Waals surface area contributed by atoms with Crippen molar-refractivity contribution in [1.29, 1.82) is 0 Å². The highest BCUT2D eigenvalue weighted by Crippen LogP contribution is 2.45. The standard InChI is InChI=1S/C14H21BrN2O3S/c1-2-16-8-11-7-12(14(15)20-11)21(18,19)17-13(9-3-4-9)10-5-6-10/h7,9-10,13,16-17H,2-6,8H2,1H3. The van der Waals surface area contributed by atoms with Crippen molar-refractivity contribution in [3.8, 4) is 0 Å². The van der Waals surface area contributed by atoms with Crippen LogP contribution in [0.5, 0.6) is 0 Å². The summed E-state index contributed by atoms with van der Waals surface area (Å²) in [5.41, 5.74) is 0. The van der Waals surface area contributed by atoms with Crippen molar-refractivity contribution in [2.45, 2.75) is 50.1 Å². The fraction of sp³-hybridized carbons (Fsp3) is 0.714. The Hall–Kier alpha value is -0.370. The molecule has 0 aromatic carbocycles. The number of furan rings is 1. The van der Waals surface area contributed by atoms with E-state index >= 15 is 0 Å². The van der Waals surface area contributed by atoms with E-state index < -0.39 is 10.0 Å². The lowest BCUT2D eigenvalue weighted by Crippen LogP contribution is -2.38. The molecule has 1 heterocycles. The van der Waals surface area contributed by atoms with Gasteiger partial charge in [0.15, 0.2) is 4.67 Å². The van der Waals surface area contributed by atoms with Crippen molar-refractivity contribution in [2.24, 2.45) is 11.8 Å². The van der Waals surface area contributed by atoms with Crippen molar-refractivity contribution in [3.05, 3.63) is 16.5 Å². The minimum atomic E-state index is -3.52. The number of hydrogen-bond acceptors (Lipinski definition) is 4. The molecule has 0 spiro atoms. The minimum absolute atomic E-state index is 0.106. The molecule has 5 nitrogen and oxygen atoms in total. The Balaban J connectivity index is 1.75. The highest BCUT2D eigenvalue weighted by Gasteiger charge is 2.44. The molecule has 0 atom stereocenters. The smallest absolute Gasteiger partial charge is 0.245 e. The zero-order valence-corrected chi connectivity index (χ0v) is 14.5. The number of nitrogens with one attached hydrogen (secondary N) is 2. The van der Waals surface area contributed by atoms with E-state index in [2.05, 4.69) is 26.0 Å². The largest absolute Gasteiger partial charge is 0.452 e. The van der Waals surface area contributed by atoms with Gasteiger partial charge in [-0.1, -0.05) is 6.92 Å². The molecule has 21 heavy (non-hydrogen) atoms. The summed E-state index contributed by atoms with van der Waals surface area (Å²) in [4.78, 5) is 0.210. The van der Waals surface area contributed by atoms with Crippen molar-refractivity contribution in [2.75, 3.05) is 6.54 Å². The topological polar surface area (TPSA) is 71.3 Å². The summed E-state index contributed by atoms with van der Waals surface area (Å²) in [7, 11) is -3.52. The summed E-state index contributed by atoms with van der Waals surface area (Å²) >= 11 is 3.23. The summed E-state index contributed by atoms with van der Waals surface area (Å²) in [6.45, 7) is 3.33. The van der Waals surface area contributed by atoms with Gasteiger partial charge >= 0.3 is 0 Å². The molecular weight excluding hydrogens is 356 g/mol. The first kappa shape index (κ1) is 15.5. The first-order chi connectivity index (χ1) is 10.0. The predicted molar refractivity (Wildman–Crippen MR) is 83.3 cm³/mol. The van der Waals surface area contributed by atoms with Crippen LogP contribution in [0.3, 0.4) is 0 Å². The molecule has 1 aromatic rings. The average molecular weight is 377 g/mol. The van der Waals surface area contributed by atoms with Gasteiger partial charge in [0.05, 0.1) is 6.54 Å². The quantitative estimate of drug-likeness (QED) is 0.731. The maximum Gasteiger partial charge on any atom is 0.245 e. The van der Waals surface area contributed by atoms with Crippen molar-refractivity contribution >= 4 is 26.0 Å². The van der Waals surface area contributed by atoms with Gasteiger partial charge in [-0.15, -0.1) is 0 Å². The Kier molecular flexibility index (Phi) is 4.45. The maximum atomic E-state index is 12.6. The monoisotopic (exact) mass is 376 g/mol. The molecule has 0 saturated heterocycles. The third-order valence-corrected chi connectivity index (χ3v) is 6.41. The lowest BCUT2D eigenvalue weighted by atomic mass is 10.1. The molecule has 2 N–H and O–H groups in total. The zero-order valence-electron chi connectivity index (χ0n) is 12.1. The third-order valence-electron chi connectivity index (χ3n) is 4.10. The summed E-state index contributed by atoms with van der Waals surface area (Å²) in [5.74, 6) is 1.68. The molecule has 3 rings (SSSR count). The number of rotatable bonds is 8. The molecule has 2 aliphatic carbocycles. The second-order valence-corrected chi connectivity index (χ2v) is 8.36. The predicted octanol–water partition coefficient (Wildman–Crippen LogP) is 2.62. The van der Waals surface area contributed by atoms with Gasteiger partial charge in [0.25, 0.3) is 0 Å². The minimum Gasteiger partial charge on any atom is -0.452 e. The van der Waals surface area contributed by atoms with Gasteiger partial charge in [0.1, 0.15) is 10.7 Å². The molecule has 2 fully saturated rings. The summed E-state index contributed by atoms with van der Waals surface area (Å²) in [6.07, 6.45) is 4.56. The van der Waals surface area contributed by atoms with Crippen LogP contribution in [-0.2, 0) is 16.6 Å². The van der Waals surface area contributed by atoms with E-state index in [1.165, 1.54) is 0 Å².